The highest BCUT2D eigenvalue weighted by Gasteiger charge is 2.21. The number of nitrogens with zero attached hydrogens (tertiary/aromatic N) is 3. The number of sulfonamides is 1. The molecule has 0 saturated carbocycles. The molecule has 0 fully saturated rings. The molecule has 13 nitrogen and oxygen atoms in total. The monoisotopic (exact) mass is 551 g/mol. The summed E-state index contributed by atoms with van der Waals surface area (Å²) in [6.07, 6.45) is 0. The molecular weight excluding hydrogens is 530 g/mol. The minimum absolute atomic E-state index is 0.00342. The molecule has 0 spiro atoms. The first kappa shape index (κ1) is 27.0. The molecule has 0 aliphatic heterocycles. The molecule has 4 aromatic rings. The lowest BCUT2D eigenvalue weighted by atomic mass is 10.0. The molecular formula is C25H21N5O8S. The Morgan fingerprint density at radius 3 is 2.36 bits per heavy atom. The highest BCUT2D eigenvalue weighted by Crippen LogP contribution is 2.41. The number of carbonyl (C=O) groups is 1. The molecule has 0 aliphatic carbocycles. The number of ether oxygens (including phenoxy) is 2. The molecule has 0 aliphatic rings. The number of azo groups is 1. The van der Waals surface area contributed by atoms with E-state index in [1.807, 2.05) is 0 Å². The third-order valence-corrected chi connectivity index (χ3v) is 6.53. The lowest BCUT2D eigenvalue weighted by molar-refractivity contribution is -0.384. The van der Waals surface area contributed by atoms with E-state index >= 15 is 0 Å². The summed E-state index contributed by atoms with van der Waals surface area (Å²) in [5, 5.41) is 39.2. The molecule has 0 heterocycles. The fourth-order valence-electron chi connectivity index (χ4n) is 3.72. The molecule has 0 saturated heterocycles. The zero-order chi connectivity index (χ0) is 28.3. The number of fused-ring (bicyclic) bond motifs is 1. The molecule has 0 radical (unpaired) electrons. The number of phenols is 1. The van der Waals surface area contributed by atoms with Gasteiger partial charge < -0.3 is 19.9 Å². The maximum atomic E-state index is 13.2. The van der Waals surface area contributed by atoms with Gasteiger partial charge in [-0.1, -0.05) is 24.3 Å². The minimum atomic E-state index is -4.05. The summed E-state index contributed by atoms with van der Waals surface area (Å²) in [4.78, 5) is 23.6. The quantitative estimate of drug-likeness (QED) is 0.158. The number of non-ortho nitro benzene ring substituents is 1. The molecule has 1 amide bonds. The van der Waals surface area contributed by atoms with Gasteiger partial charge in [-0.15, -0.1) is 10.2 Å². The fraction of sp³-hybridized carbons (Fsp3) is 0.0800. The van der Waals surface area contributed by atoms with Gasteiger partial charge in [0.05, 0.1) is 35.3 Å². The largest absolute Gasteiger partial charge is 0.505 e. The molecule has 0 unspecified atom stereocenters. The number of primary sulfonamides is 1. The predicted molar refractivity (Wildman–Crippen MR) is 142 cm³/mol. The van der Waals surface area contributed by atoms with Crippen LogP contribution in [0.2, 0.25) is 0 Å². The number of hydrogen-bond donors (Lipinski definition) is 3. The summed E-state index contributed by atoms with van der Waals surface area (Å²) in [5.41, 5.74) is -0.562. The third kappa shape index (κ3) is 5.61. The predicted octanol–water partition coefficient (Wildman–Crippen LogP) is 4.79. The number of hydrogen-bond acceptors (Lipinski definition) is 10. The maximum Gasteiger partial charge on any atom is 0.271 e. The zero-order valence-electron chi connectivity index (χ0n) is 20.5. The van der Waals surface area contributed by atoms with E-state index in [1.54, 1.807) is 24.3 Å². The van der Waals surface area contributed by atoms with E-state index in [4.69, 9.17) is 14.6 Å². The zero-order valence-corrected chi connectivity index (χ0v) is 21.3. The Morgan fingerprint density at radius 1 is 1.00 bits per heavy atom. The van der Waals surface area contributed by atoms with Crippen molar-refractivity contribution in [3.8, 4) is 17.2 Å². The van der Waals surface area contributed by atoms with E-state index in [1.165, 1.54) is 44.6 Å². The van der Waals surface area contributed by atoms with E-state index in [0.717, 1.165) is 12.1 Å². The normalized spacial score (nSPS) is 11.5. The number of benzene rings is 4. The van der Waals surface area contributed by atoms with Crippen molar-refractivity contribution in [3.05, 3.63) is 82.4 Å². The Morgan fingerprint density at radius 2 is 1.69 bits per heavy atom. The Kier molecular flexibility index (Phi) is 7.42. The number of carbonyl (C=O) groups excluding carboxylic acids is 1. The van der Waals surface area contributed by atoms with Crippen LogP contribution in [0.4, 0.5) is 22.7 Å². The van der Waals surface area contributed by atoms with E-state index < -0.39 is 26.6 Å². The molecule has 4 N–H and O–H groups in total. The molecule has 4 aromatic carbocycles. The summed E-state index contributed by atoms with van der Waals surface area (Å²) in [6.45, 7) is 0. The fourth-order valence-corrected chi connectivity index (χ4v) is 4.25. The lowest BCUT2D eigenvalue weighted by Crippen LogP contribution is -2.13. The van der Waals surface area contributed by atoms with Gasteiger partial charge in [-0.25, -0.2) is 13.6 Å². The molecule has 0 atom stereocenters. The Hall–Kier alpha value is -5.08. The maximum absolute atomic E-state index is 13.2. The van der Waals surface area contributed by atoms with Crippen LogP contribution in [0.15, 0.2) is 81.9 Å². The first-order chi connectivity index (χ1) is 18.5. The molecule has 4 rings (SSSR count). The number of aromatic hydroxyl groups is 1. The lowest BCUT2D eigenvalue weighted by Gasteiger charge is -2.13. The second-order valence-electron chi connectivity index (χ2n) is 8.02. The van der Waals surface area contributed by atoms with Crippen LogP contribution in [-0.2, 0) is 10.0 Å². The van der Waals surface area contributed by atoms with Crippen molar-refractivity contribution >= 4 is 49.5 Å². The van der Waals surface area contributed by atoms with Crippen molar-refractivity contribution in [3.63, 3.8) is 0 Å². The summed E-state index contributed by atoms with van der Waals surface area (Å²) < 4.78 is 34.0. The van der Waals surface area contributed by atoms with Crippen LogP contribution in [0, 0.1) is 10.1 Å². The number of nitrogens with one attached hydrogen (secondary N) is 1. The molecule has 39 heavy (non-hydrogen) atoms. The average molecular weight is 552 g/mol. The Balaban J connectivity index is 1.82. The van der Waals surface area contributed by atoms with Crippen molar-refractivity contribution in [2.45, 2.75) is 4.90 Å². The van der Waals surface area contributed by atoms with Crippen LogP contribution in [0.5, 0.6) is 17.2 Å². The second-order valence-corrected chi connectivity index (χ2v) is 9.58. The van der Waals surface area contributed by atoms with Gasteiger partial charge in [-0.2, -0.15) is 0 Å². The van der Waals surface area contributed by atoms with Crippen molar-refractivity contribution in [1.82, 2.24) is 0 Å². The van der Waals surface area contributed by atoms with Crippen molar-refractivity contribution in [2.75, 3.05) is 19.5 Å². The van der Waals surface area contributed by atoms with Gasteiger partial charge in [-0.3, -0.25) is 14.9 Å². The van der Waals surface area contributed by atoms with Crippen LogP contribution < -0.4 is 19.9 Å². The highest BCUT2D eigenvalue weighted by molar-refractivity contribution is 7.89. The Labute approximate surface area is 221 Å². The topological polar surface area (TPSA) is 196 Å². The van der Waals surface area contributed by atoms with Crippen molar-refractivity contribution < 1.29 is 32.7 Å². The van der Waals surface area contributed by atoms with Crippen LogP contribution in [0.25, 0.3) is 10.8 Å². The van der Waals surface area contributed by atoms with Gasteiger partial charge in [0, 0.05) is 17.5 Å². The number of anilines is 1. The summed E-state index contributed by atoms with van der Waals surface area (Å²) >= 11 is 0. The van der Waals surface area contributed by atoms with E-state index in [2.05, 4.69) is 15.5 Å². The van der Waals surface area contributed by atoms with Crippen molar-refractivity contribution in [2.24, 2.45) is 15.4 Å². The van der Waals surface area contributed by atoms with Crippen LogP contribution in [0.1, 0.15) is 10.4 Å². The molecule has 200 valence electrons. The number of nitro groups is 1. The molecule has 0 bridgehead atoms. The molecule has 14 heteroatoms. The SMILES string of the molecule is COc1ccc(S(N)(=O)=O)cc1/N=N/c1c(O)c(C(=O)Nc2cc([N+](=O)[O-])ccc2OC)cc2ccccc12. The standard InChI is InChI=1S/C25H21N5O8S/c1-37-21-9-7-15(30(33)34)12-19(21)27-25(32)18-11-14-5-3-4-6-17(14)23(24(18)31)29-28-20-13-16(39(26,35)36)8-10-22(20)38-2/h3-13,31H,1-2H3,(H,27,32)(H2,26,35,36)/b29-28+. The number of amides is 1. The van der Waals surface area contributed by atoms with Crippen LogP contribution >= 0.6 is 0 Å². The number of methoxy groups -OCH3 is 2. The van der Waals surface area contributed by atoms with E-state index in [0.29, 0.717) is 10.8 Å². The van der Waals surface area contributed by atoms with Gasteiger partial charge in [-0.05, 0) is 35.7 Å². The first-order valence-corrected chi connectivity index (χ1v) is 12.6. The van der Waals surface area contributed by atoms with E-state index in [9.17, 15) is 28.4 Å². The van der Waals surface area contributed by atoms with Gasteiger partial charge in [0.25, 0.3) is 11.6 Å². The number of nitrogens with two attached hydrogens (primary N) is 1. The summed E-state index contributed by atoms with van der Waals surface area (Å²) in [5.74, 6) is -0.999. The van der Waals surface area contributed by atoms with Gasteiger partial charge in [0.1, 0.15) is 22.9 Å². The third-order valence-electron chi connectivity index (χ3n) is 5.62. The Bertz CT molecular complexity index is 1760. The van der Waals surface area contributed by atoms with Crippen LogP contribution in [0.3, 0.4) is 0 Å². The van der Waals surface area contributed by atoms with Gasteiger partial charge in [0.2, 0.25) is 10.0 Å². The second kappa shape index (κ2) is 10.7. The summed E-state index contributed by atoms with van der Waals surface area (Å²) in [7, 11) is -1.36. The number of phenolic OH excluding ortho intramolecular Hbond substituents is 1. The van der Waals surface area contributed by atoms with Crippen molar-refractivity contribution in [1.29, 1.82) is 0 Å². The number of rotatable bonds is 8. The average Bonchev–Trinajstić information content (AvgIpc) is 2.91. The first-order valence-electron chi connectivity index (χ1n) is 11.0. The highest BCUT2D eigenvalue weighted by atomic mass is 32.2. The number of nitro benzene ring substituents is 1. The van der Waals surface area contributed by atoms with E-state index in [-0.39, 0.29) is 44.7 Å². The molecule has 0 aromatic heterocycles. The van der Waals surface area contributed by atoms with Crippen LogP contribution in [-0.4, -0.2) is 38.6 Å². The van der Waals surface area contributed by atoms with Gasteiger partial charge >= 0.3 is 0 Å². The summed E-state index contributed by atoms with van der Waals surface area (Å²) in [6, 6.07) is 15.6. The minimum Gasteiger partial charge on any atom is -0.505 e. The smallest absolute Gasteiger partial charge is 0.271 e. The van der Waals surface area contributed by atoms with Gasteiger partial charge in [0.15, 0.2) is 5.75 Å².